The van der Waals surface area contributed by atoms with Gasteiger partial charge in [0, 0.05) is 0 Å². The molecule has 1 aliphatic rings. The number of amides is 4. The number of carbonyl (C=O) groups is 3. The van der Waals surface area contributed by atoms with E-state index in [1.807, 2.05) is 48.5 Å². The highest BCUT2D eigenvalue weighted by Crippen LogP contribution is 2.28. The summed E-state index contributed by atoms with van der Waals surface area (Å²) in [6.45, 7) is 3.15. The van der Waals surface area contributed by atoms with Gasteiger partial charge in [-0.15, -0.1) is 0 Å². The molecule has 0 radical (unpaired) electrons. The Kier molecular flexibility index (Phi) is 5.64. The van der Waals surface area contributed by atoms with E-state index in [2.05, 4.69) is 10.7 Å². The van der Waals surface area contributed by atoms with Crippen LogP contribution in [0.2, 0.25) is 0 Å². The van der Waals surface area contributed by atoms with Gasteiger partial charge in [-0.1, -0.05) is 72.8 Å². The zero-order chi connectivity index (χ0) is 22.7. The second-order valence-corrected chi connectivity index (χ2v) is 7.69. The first-order valence-corrected chi connectivity index (χ1v) is 10.2. The predicted molar refractivity (Wildman–Crippen MR) is 119 cm³/mol. The standard InChI is InChI=1S/C25H23N3O4/c1-17(32-21-15-13-19(14-16-21)18-9-5-3-6-10-18)22(29)27-28-23(30)25(2,26-24(28)31)20-11-7-4-8-12-20/h3-17H,1-2H3,(H,26,31)(H,27,29). The van der Waals surface area contributed by atoms with Crippen LogP contribution in [0.5, 0.6) is 5.75 Å². The molecule has 0 aromatic heterocycles. The number of imide groups is 1. The summed E-state index contributed by atoms with van der Waals surface area (Å²) in [6.07, 6.45) is -0.929. The van der Waals surface area contributed by atoms with Gasteiger partial charge in [0.25, 0.3) is 11.8 Å². The van der Waals surface area contributed by atoms with Crippen LogP contribution in [-0.4, -0.2) is 29.0 Å². The van der Waals surface area contributed by atoms with Gasteiger partial charge >= 0.3 is 6.03 Å². The predicted octanol–water partition coefficient (Wildman–Crippen LogP) is 3.62. The summed E-state index contributed by atoms with van der Waals surface area (Å²) >= 11 is 0. The van der Waals surface area contributed by atoms with E-state index < -0.39 is 29.5 Å². The Balaban J connectivity index is 1.40. The summed E-state index contributed by atoms with van der Waals surface area (Å²) in [5.74, 6) is -0.682. The molecule has 3 aromatic rings. The molecule has 1 fully saturated rings. The molecular formula is C25H23N3O4. The normalized spacial score (nSPS) is 18.8. The Hall–Kier alpha value is -4.13. The first-order valence-electron chi connectivity index (χ1n) is 10.2. The maximum Gasteiger partial charge on any atom is 0.344 e. The van der Waals surface area contributed by atoms with Crippen molar-refractivity contribution in [2.45, 2.75) is 25.5 Å². The van der Waals surface area contributed by atoms with Crippen molar-refractivity contribution >= 4 is 17.8 Å². The number of nitrogens with one attached hydrogen (secondary N) is 2. The minimum absolute atomic E-state index is 0.499. The second kappa shape index (κ2) is 8.55. The number of hydrazine groups is 1. The van der Waals surface area contributed by atoms with E-state index in [0.29, 0.717) is 16.3 Å². The van der Waals surface area contributed by atoms with E-state index in [1.54, 1.807) is 50.2 Å². The SMILES string of the molecule is CC(Oc1ccc(-c2ccccc2)cc1)C(=O)NN1C(=O)NC(C)(c2ccccc2)C1=O. The van der Waals surface area contributed by atoms with Crippen molar-refractivity contribution in [2.24, 2.45) is 0 Å². The summed E-state index contributed by atoms with van der Waals surface area (Å²) in [5.41, 5.74) is 3.83. The lowest BCUT2D eigenvalue weighted by Gasteiger charge is -2.22. The zero-order valence-corrected chi connectivity index (χ0v) is 17.7. The van der Waals surface area contributed by atoms with Crippen LogP contribution >= 0.6 is 0 Å². The van der Waals surface area contributed by atoms with Crippen LogP contribution < -0.4 is 15.5 Å². The molecule has 0 aliphatic carbocycles. The maximum atomic E-state index is 12.9. The molecule has 7 heteroatoms. The molecule has 0 bridgehead atoms. The molecule has 2 atom stereocenters. The summed E-state index contributed by atoms with van der Waals surface area (Å²) in [6, 6.07) is 25.4. The summed E-state index contributed by atoms with van der Waals surface area (Å²) in [7, 11) is 0. The summed E-state index contributed by atoms with van der Waals surface area (Å²) < 4.78 is 5.70. The van der Waals surface area contributed by atoms with Crippen LogP contribution in [0.3, 0.4) is 0 Å². The number of benzene rings is 3. The van der Waals surface area contributed by atoms with E-state index in [9.17, 15) is 14.4 Å². The first-order chi connectivity index (χ1) is 15.4. The maximum absolute atomic E-state index is 12.9. The summed E-state index contributed by atoms with van der Waals surface area (Å²) in [4.78, 5) is 37.9. The highest BCUT2D eigenvalue weighted by atomic mass is 16.5. The fraction of sp³-hybridized carbons (Fsp3) is 0.160. The largest absolute Gasteiger partial charge is 0.481 e. The molecule has 2 N–H and O–H groups in total. The molecule has 0 spiro atoms. The molecule has 2 unspecified atom stereocenters. The van der Waals surface area contributed by atoms with Gasteiger partial charge in [0.05, 0.1) is 0 Å². The van der Waals surface area contributed by atoms with Gasteiger partial charge < -0.3 is 10.1 Å². The van der Waals surface area contributed by atoms with Crippen molar-refractivity contribution in [1.82, 2.24) is 15.8 Å². The number of urea groups is 1. The van der Waals surface area contributed by atoms with Crippen molar-refractivity contribution in [3.05, 3.63) is 90.5 Å². The molecule has 1 heterocycles. The Morgan fingerprint density at radius 3 is 2.09 bits per heavy atom. The van der Waals surface area contributed by atoms with Crippen molar-refractivity contribution in [3.63, 3.8) is 0 Å². The van der Waals surface area contributed by atoms with Gasteiger partial charge in [-0.05, 0) is 42.7 Å². The van der Waals surface area contributed by atoms with Gasteiger partial charge in [-0.2, -0.15) is 5.01 Å². The Morgan fingerprint density at radius 1 is 0.906 bits per heavy atom. The molecule has 0 saturated carbocycles. The molecule has 4 amide bonds. The fourth-order valence-electron chi connectivity index (χ4n) is 3.52. The van der Waals surface area contributed by atoms with Crippen molar-refractivity contribution < 1.29 is 19.1 Å². The zero-order valence-electron chi connectivity index (χ0n) is 17.7. The van der Waals surface area contributed by atoms with Crippen LogP contribution in [0.4, 0.5) is 4.79 Å². The highest BCUT2D eigenvalue weighted by Gasteiger charge is 2.50. The summed E-state index contributed by atoms with van der Waals surface area (Å²) in [5, 5.41) is 3.35. The van der Waals surface area contributed by atoms with Crippen LogP contribution in [0.1, 0.15) is 19.4 Å². The molecule has 4 rings (SSSR count). The Labute approximate surface area is 186 Å². The first kappa shape index (κ1) is 21.1. The number of nitrogens with zero attached hydrogens (tertiary/aromatic N) is 1. The topological polar surface area (TPSA) is 87.7 Å². The molecule has 3 aromatic carbocycles. The monoisotopic (exact) mass is 429 g/mol. The minimum Gasteiger partial charge on any atom is -0.481 e. The van der Waals surface area contributed by atoms with E-state index in [0.717, 1.165) is 11.1 Å². The van der Waals surface area contributed by atoms with E-state index in [4.69, 9.17) is 4.74 Å². The second-order valence-electron chi connectivity index (χ2n) is 7.69. The van der Waals surface area contributed by atoms with Gasteiger partial charge in [0.2, 0.25) is 0 Å². The highest BCUT2D eigenvalue weighted by molar-refractivity contribution is 6.08. The number of carbonyl (C=O) groups excluding carboxylic acids is 3. The number of ether oxygens (including phenoxy) is 1. The third kappa shape index (κ3) is 4.05. The van der Waals surface area contributed by atoms with Crippen LogP contribution in [0, 0.1) is 0 Å². The van der Waals surface area contributed by atoms with Gasteiger partial charge in [-0.3, -0.25) is 15.0 Å². The minimum atomic E-state index is -1.26. The van der Waals surface area contributed by atoms with Crippen molar-refractivity contribution in [1.29, 1.82) is 0 Å². The van der Waals surface area contributed by atoms with Crippen LogP contribution in [-0.2, 0) is 15.1 Å². The average molecular weight is 429 g/mol. The van der Waals surface area contributed by atoms with Crippen molar-refractivity contribution in [3.8, 4) is 16.9 Å². The van der Waals surface area contributed by atoms with Gasteiger partial charge in [0.1, 0.15) is 11.3 Å². The van der Waals surface area contributed by atoms with Gasteiger partial charge in [0.15, 0.2) is 6.10 Å². The lowest BCUT2D eigenvalue weighted by atomic mass is 9.92. The number of hydrogen-bond donors (Lipinski definition) is 2. The van der Waals surface area contributed by atoms with Gasteiger partial charge in [-0.25, -0.2) is 4.79 Å². The van der Waals surface area contributed by atoms with Crippen molar-refractivity contribution in [2.75, 3.05) is 0 Å². The average Bonchev–Trinajstić information content (AvgIpc) is 3.04. The molecule has 162 valence electrons. The smallest absolute Gasteiger partial charge is 0.344 e. The lowest BCUT2D eigenvalue weighted by molar-refractivity contribution is -0.141. The Bertz CT molecular complexity index is 1130. The third-order valence-electron chi connectivity index (χ3n) is 5.41. The van der Waals surface area contributed by atoms with Crippen LogP contribution in [0.25, 0.3) is 11.1 Å². The molecule has 1 saturated heterocycles. The molecular weight excluding hydrogens is 406 g/mol. The fourth-order valence-corrected chi connectivity index (χ4v) is 3.52. The van der Waals surface area contributed by atoms with E-state index >= 15 is 0 Å². The number of hydrogen-bond acceptors (Lipinski definition) is 4. The quantitative estimate of drug-likeness (QED) is 0.586. The molecule has 32 heavy (non-hydrogen) atoms. The van der Waals surface area contributed by atoms with E-state index in [1.165, 1.54) is 0 Å². The third-order valence-corrected chi connectivity index (χ3v) is 5.41. The van der Waals surface area contributed by atoms with E-state index in [-0.39, 0.29) is 0 Å². The Morgan fingerprint density at radius 2 is 1.47 bits per heavy atom. The molecule has 1 aliphatic heterocycles. The lowest BCUT2D eigenvalue weighted by Crippen LogP contribution is -2.51. The number of rotatable bonds is 6. The van der Waals surface area contributed by atoms with Crippen LogP contribution in [0.15, 0.2) is 84.9 Å². The molecule has 7 nitrogen and oxygen atoms in total.